The van der Waals surface area contributed by atoms with E-state index >= 15 is 0 Å². The second kappa shape index (κ2) is 5.73. The average Bonchev–Trinajstić information content (AvgIpc) is 2.77. The molecular weight excluding hydrogens is 297 g/mol. The van der Waals surface area contributed by atoms with Gasteiger partial charge in [0.15, 0.2) is 0 Å². The molecule has 0 bridgehead atoms. The fourth-order valence-electron chi connectivity index (χ4n) is 2.87. The Morgan fingerprint density at radius 1 is 1.38 bits per heavy atom. The Bertz CT molecular complexity index is 629. The number of aliphatic carboxylic acids is 1. The summed E-state index contributed by atoms with van der Waals surface area (Å²) in [6.45, 7) is 3.84. The monoisotopic (exact) mass is 315 g/mol. The Morgan fingerprint density at radius 3 is 2.43 bits per heavy atom. The van der Waals surface area contributed by atoms with Gasteiger partial charge in [-0.3, -0.25) is 4.79 Å². The van der Waals surface area contributed by atoms with Gasteiger partial charge in [0.2, 0.25) is 10.0 Å². The van der Waals surface area contributed by atoms with Gasteiger partial charge in [0, 0.05) is 6.54 Å². The summed E-state index contributed by atoms with van der Waals surface area (Å²) in [5.74, 6) is -1.95. The second-order valence-corrected chi connectivity index (χ2v) is 7.23. The molecule has 1 N–H and O–H groups in total. The lowest BCUT2D eigenvalue weighted by Gasteiger charge is -2.22. The maximum Gasteiger partial charge on any atom is 0.322 e. The van der Waals surface area contributed by atoms with E-state index in [-0.39, 0.29) is 23.3 Å². The van der Waals surface area contributed by atoms with Gasteiger partial charge in [-0.15, -0.1) is 0 Å². The first-order valence-corrected chi connectivity index (χ1v) is 8.23. The van der Waals surface area contributed by atoms with Crippen molar-refractivity contribution in [1.82, 2.24) is 4.31 Å². The van der Waals surface area contributed by atoms with Gasteiger partial charge < -0.3 is 5.11 Å². The SMILES string of the molecule is CCC1CN(S(=O)(=O)c2ccc(F)cc2)C(C(=O)O)C1C. The summed E-state index contributed by atoms with van der Waals surface area (Å²) in [5, 5.41) is 9.36. The van der Waals surface area contributed by atoms with Crippen molar-refractivity contribution >= 4 is 16.0 Å². The van der Waals surface area contributed by atoms with E-state index in [1.807, 2.05) is 6.92 Å². The van der Waals surface area contributed by atoms with Gasteiger partial charge in [0.1, 0.15) is 11.9 Å². The Labute approximate surface area is 123 Å². The summed E-state index contributed by atoms with van der Waals surface area (Å²) in [6, 6.07) is 3.35. The fourth-order valence-corrected chi connectivity index (χ4v) is 4.59. The van der Waals surface area contributed by atoms with Gasteiger partial charge in [-0.2, -0.15) is 4.31 Å². The van der Waals surface area contributed by atoms with Crippen molar-refractivity contribution in [3.63, 3.8) is 0 Å². The minimum Gasteiger partial charge on any atom is -0.480 e. The number of carboxylic acid groups (broad SMARTS) is 1. The molecule has 3 atom stereocenters. The van der Waals surface area contributed by atoms with Crippen LogP contribution in [0.15, 0.2) is 29.2 Å². The molecule has 0 radical (unpaired) electrons. The molecule has 1 saturated heterocycles. The van der Waals surface area contributed by atoms with E-state index in [2.05, 4.69) is 0 Å². The maximum atomic E-state index is 12.9. The zero-order chi connectivity index (χ0) is 15.8. The normalized spacial score (nSPS) is 26.9. The van der Waals surface area contributed by atoms with Gasteiger partial charge in [-0.1, -0.05) is 20.3 Å². The smallest absolute Gasteiger partial charge is 0.322 e. The van der Waals surface area contributed by atoms with Crippen LogP contribution >= 0.6 is 0 Å². The molecule has 3 unspecified atom stereocenters. The van der Waals surface area contributed by atoms with E-state index in [4.69, 9.17) is 0 Å². The lowest BCUT2D eigenvalue weighted by Crippen LogP contribution is -2.42. The molecule has 1 heterocycles. The zero-order valence-corrected chi connectivity index (χ0v) is 12.7. The topological polar surface area (TPSA) is 74.7 Å². The number of sulfonamides is 1. The van der Waals surface area contributed by atoms with E-state index in [9.17, 15) is 22.7 Å². The molecule has 21 heavy (non-hydrogen) atoms. The van der Waals surface area contributed by atoms with Crippen molar-refractivity contribution in [2.75, 3.05) is 6.54 Å². The highest BCUT2D eigenvalue weighted by molar-refractivity contribution is 7.89. The summed E-state index contributed by atoms with van der Waals surface area (Å²) < 4.78 is 39.2. The van der Waals surface area contributed by atoms with Gasteiger partial charge in [0.25, 0.3) is 0 Å². The van der Waals surface area contributed by atoms with E-state index in [0.29, 0.717) is 6.42 Å². The van der Waals surface area contributed by atoms with Crippen LogP contribution in [0.1, 0.15) is 20.3 Å². The highest BCUT2D eigenvalue weighted by Gasteiger charge is 2.48. The Kier molecular flexibility index (Phi) is 4.34. The predicted octanol–water partition coefficient (Wildman–Crippen LogP) is 1.95. The molecule has 0 aromatic heterocycles. The zero-order valence-electron chi connectivity index (χ0n) is 11.9. The van der Waals surface area contributed by atoms with Crippen LogP contribution in [0.5, 0.6) is 0 Å². The van der Waals surface area contributed by atoms with Crippen molar-refractivity contribution in [1.29, 1.82) is 0 Å². The number of halogens is 1. The highest BCUT2D eigenvalue weighted by atomic mass is 32.2. The third kappa shape index (κ3) is 2.80. The summed E-state index contributed by atoms with van der Waals surface area (Å²) >= 11 is 0. The first-order valence-electron chi connectivity index (χ1n) is 6.79. The van der Waals surface area contributed by atoms with Crippen LogP contribution in [0.25, 0.3) is 0 Å². The van der Waals surface area contributed by atoms with Gasteiger partial charge in [0.05, 0.1) is 4.90 Å². The quantitative estimate of drug-likeness (QED) is 0.921. The van der Waals surface area contributed by atoms with Crippen LogP contribution in [0.3, 0.4) is 0 Å². The molecule has 0 saturated carbocycles. The van der Waals surface area contributed by atoms with Crippen LogP contribution < -0.4 is 0 Å². The molecule has 0 amide bonds. The maximum absolute atomic E-state index is 12.9. The number of nitrogens with zero attached hydrogens (tertiary/aromatic N) is 1. The third-order valence-corrected chi connectivity index (χ3v) is 6.03. The number of hydrogen-bond acceptors (Lipinski definition) is 3. The second-order valence-electron chi connectivity index (χ2n) is 5.34. The van der Waals surface area contributed by atoms with Crippen molar-refractivity contribution in [3.8, 4) is 0 Å². The van der Waals surface area contributed by atoms with E-state index in [1.165, 1.54) is 0 Å². The summed E-state index contributed by atoms with van der Waals surface area (Å²) in [7, 11) is -3.94. The van der Waals surface area contributed by atoms with Crippen molar-refractivity contribution in [2.24, 2.45) is 11.8 Å². The molecule has 0 aliphatic carbocycles. The van der Waals surface area contributed by atoms with E-state index in [1.54, 1.807) is 6.92 Å². The van der Waals surface area contributed by atoms with E-state index in [0.717, 1.165) is 28.6 Å². The van der Waals surface area contributed by atoms with Crippen LogP contribution in [-0.4, -0.2) is 36.4 Å². The molecule has 1 aliphatic rings. The Hall–Kier alpha value is -1.47. The predicted molar refractivity (Wildman–Crippen MR) is 74.7 cm³/mol. The molecular formula is C14H18FNO4S. The Balaban J connectivity index is 2.42. The summed E-state index contributed by atoms with van der Waals surface area (Å²) in [6.07, 6.45) is 0.709. The molecule has 0 spiro atoms. The first kappa shape index (κ1) is 15.9. The van der Waals surface area contributed by atoms with Crippen LogP contribution in [0.4, 0.5) is 4.39 Å². The molecule has 5 nitrogen and oxygen atoms in total. The minimum absolute atomic E-state index is 0.00123. The van der Waals surface area contributed by atoms with Crippen LogP contribution in [0, 0.1) is 17.7 Å². The van der Waals surface area contributed by atoms with Crippen molar-refractivity contribution in [3.05, 3.63) is 30.1 Å². The number of carbonyl (C=O) groups is 1. The van der Waals surface area contributed by atoms with E-state index < -0.39 is 27.9 Å². The molecule has 2 rings (SSSR count). The summed E-state index contributed by atoms with van der Waals surface area (Å²) in [5.41, 5.74) is 0. The number of rotatable bonds is 4. The molecule has 7 heteroatoms. The van der Waals surface area contributed by atoms with Crippen LogP contribution in [-0.2, 0) is 14.8 Å². The van der Waals surface area contributed by atoms with Crippen LogP contribution in [0.2, 0.25) is 0 Å². The van der Waals surface area contributed by atoms with Crippen molar-refractivity contribution < 1.29 is 22.7 Å². The number of carboxylic acids is 1. The highest BCUT2D eigenvalue weighted by Crippen LogP contribution is 2.35. The lowest BCUT2D eigenvalue weighted by molar-refractivity contribution is -0.141. The number of benzene rings is 1. The minimum atomic E-state index is -3.94. The summed E-state index contributed by atoms with van der Waals surface area (Å²) in [4.78, 5) is 11.4. The molecule has 1 aromatic rings. The largest absolute Gasteiger partial charge is 0.480 e. The average molecular weight is 315 g/mol. The number of hydrogen-bond donors (Lipinski definition) is 1. The fraction of sp³-hybridized carbons (Fsp3) is 0.500. The Morgan fingerprint density at radius 2 is 1.95 bits per heavy atom. The first-order chi connectivity index (χ1) is 9.78. The van der Waals surface area contributed by atoms with Gasteiger partial charge >= 0.3 is 5.97 Å². The van der Waals surface area contributed by atoms with Gasteiger partial charge in [-0.05, 0) is 36.1 Å². The lowest BCUT2D eigenvalue weighted by atomic mass is 9.91. The molecule has 1 aliphatic heterocycles. The molecule has 116 valence electrons. The molecule has 1 fully saturated rings. The van der Waals surface area contributed by atoms with Crippen molar-refractivity contribution in [2.45, 2.75) is 31.2 Å². The van der Waals surface area contributed by atoms with Gasteiger partial charge in [-0.25, -0.2) is 12.8 Å². The standard InChI is InChI=1S/C14H18FNO4S/c1-3-10-8-16(13(9(10)2)14(17)18)21(19,20)12-6-4-11(15)5-7-12/h4-7,9-10,13H,3,8H2,1-2H3,(H,17,18). The molecule has 1 aromatic carbocycles. The third-order valence-electron chi connectivity index (χ3n) is 4.16.